The monoisotopic (exact) mass is 299 g/mol. The molecule has 1 rings (SSSR count). The SMILES string of the molecule is CCO[C@@H]1OC(C(=O)N(C)C)=C[C@H](C(C)C)[C@@H]1CCCO. The van der Waals surface area contributed by atoms with Gasteiger partial charge in [-0.25, -0.2) is 0 Å². The number of hydrogen-bond donors (Lipinski definition) is 1. The van der Waals surface area contributed by atoms with Gasteiger partial charge in [0.15, 0.2) is 5.76 Å². The smallest absolute Gasteiger partial charge is 0.288 e. The molecule has 0 aromatic rings. The third kappa shape index (κ3) is 4.71. The van der Waals surface area contributed by atoms with Crippen LogP contribution in [0.3, 0.4) is 0 Å². The van der Waals surface area contributed by atoms with Gasteiger partial charge in [-0.3, -0.25) is 4.79 Å². The summed E-state index contributed by atoms with van der Waals surface area (Å²) in [5.41, 5.74) is 0. The van der Waals surface area contributed by atoms with Crippen LogP contribution >= 0.6 is 0 Å². The number of allylic oxidation sites excluding steroid dienone is 1. The lowest BCUT2D eigenvalue weighted by Crippen LogP contribution is -2.41. The van der Waals surface area contributed by atoms with Crippen LogP contribution in [0.2, 0.25) is 0 Å². The summed E-state index contributed by atoms with van der Waals surface area (Å²) in [6, 6.07) is 0. The molecule has 5 heteroatoms. The van der Waals surface area contributed by atoms with E-state index in [1.54, 1.807) is 14.1 Å². The van der Waals surface area contributed by atoms with E-state index >= 15 is 0 Å². The standard InChI is InChI=1S/C16H29NO4/c1-6-20-16-12(8-7-9-18)13(11(2)3)10-14(21-16)15(19)17(4)5/h10-13,16,18H,6-9H2,1-5H3/t12-,13+,16+/m0/s1. The van der Waals surface area contributed by atoms with Gasteiger partial charge >= 0.3 is 0 Å². The Morgan fingerprint density at radius 2 is 2.14 bits per heavy atom. The molecule has 0 saturated carbocycles. The lowest BCUT2D eigenvalue weighted by molar-refractivity contribution is -0.177. The first-order valence-electron chi connectivity index (χ1n) is 7.74. The summed E-state index contributed by atoms with van der Waals surface area (Å²) in [6.45, 7) is 6.89. The summed E-state index contributed by atoms with van der Waals surface area (Å²) in [7, 11) is 3.43. The summed E-state index contributed by atoms with van der Waals surface area (Å²) in [5, 5.41) is 9.09. The molecule has 1 N–H and O–H groups in total. The lowest BCUT2D eigenvalue weighted by Gasteiger charge is -2.38. The van der Waals surface area contributed by atoms with E-state index in [0.29, 0.717) is 24.7 Å². The van der Waals surface area contributed by atoms with Gasteiger partial charge in [-0.1, -0.05) is 13.8 Å². The zero-order valence-corrected chi connectivity index (χ0v) is 13.8. The van der Waals surface area contributed by atoms with Crippen molar-refractivity contribution in [1.82, 2.24) is 4.90 Å². The quantitative estimate of drug-likeness (QED) is 0.781. The maximum atomic E-state index is 12.2. The zero-order chi connectivity index (χ0) is 16.0. The number of carbonyl (C=O) groups is 1. The van der Waals surface area contributed by atoms with E-state index in [1.165, 1.54) is 4.90 Å². The number of hydrogen-bond acceptors (Lipinski definition) is 4. The molecule has 1 aliphatic heterocycles. The Morgan fingerprint density at radius 3 is 2.62 bits per heavy atom. The number of likely N-dealkylation sites (N-methyl/N-ethyl adjacent to an activating group) is 1. The molecule has 1 amide bonds. The number of ether oxygens (including phenoxy) is 2. The predicted molar refractivity (Wildman–Crippen MR) is 81.4 cm³/mol. The molecule has 1 heterocycles. The van der Waals surface area contributed by atoms with Crippen LogP contribution in [0.1, 0.15) is 33.6 Å². The molecule has 0 aromatic heterocycles. The van der Waals surface area contributed by atoms with Crippen molar-refractivity contribution < 1.29 is 19.4 Å². The van der Waals surface area contributed by atoms with Gasteiger partial charge in [-0.2, -0.15) is 0 Å². The molecule has 0 aliphatic carbocycles. The lowest BCUT2D eigenvalue weighted by atomic mass is 9.78. The van der Waals surface area contributed by atoms with Gasteiger partial charge in [0.25, 0.3) is 5.91 Å². The highest BCUT2D eigenvalue weighted by atomic mass is 16.7. The summed E-state index contributed by atoms with van der Waals surface area (Å²) < 4.78 is 11.5. The first-order valence-corrected chi connectivity index (χ1v) is 7.74. The van der Waals surface area contributed by atoms with Gasteiger partial charge in [0.05, 0.1) is 0 Å². The third-order valence-corrected chi connectivity index (χ3v) is 3.84. The van der Waals surface area contributed by atoms with E-state index in [9.17, 15) is 4.79 Å². The molecule has 5 nitrogen and oxygen atoms in total. The molecule has 0 fully saturated rings. The number of aliphatic hydroxyl groups excluding tert-OH is 1. The Bertz CT molecular complexity index is 365. The summed E-state index contributed by atoms with van der Waals surface area (Å²) in [5.74, 6) is 0.991. The molecule has 122 valence electrons. The van der Waals surface area contributed by atoms with Crippen molar-refractivity contribution >= 4 is 5.91 Å². The second-order valence-electron chi connectivity index (χ2n) is 6.02. The molecule has 0 saturated heterocycles. The zero-order valence-electron chi connectivity index (χ0n) is 13.8. The molecule has 21 heavy (non-hydrogen) atoms. The first-order chi connectivity index (χ1) is 9.92. The van der Waals surface area contributed by atoms with Gasteiger partial charge in [-0.05, 0) is 37.7 Å². The number of amides is 1. The van der Waals surface area contributed by atoms with Crippen molar-refractivity contribution in [1.29, 1.82) is 0 Å². The Balaban J connectivity index is 3.03. The van der Waals surface area contributed by atoms with E-state index in [-0.39, 0.29) is 24.3 Å². The van der Waals surface area contributed by atoms with E-state index in [4.69, 9.17) is 14.6 Å². The summed E-state index contributed by atoms with van der Waals surface area (Å²) in [6.07, 6.45) is 3.05. The molecule has 0 bridgehead atoms. The first kappa shape index (κ1) is 18.0. The number of rotatable bonds is 7. The van der Waals surface area contributed by atoms with Crippen LogP contribution in [0.25, 0.3) is 0 Å². The molecule has 0 spiro atoms. The molecule has 1 aliphatic rings. The van der Waals surface area contributed by atoms with Gasteiger partial charge in [-0.15, -0.1) is 0 Å². The van der Waals surface area contributed by atoms with Gasteiger partial charge in [0, 0.05) is 33.2 Å². The number of carbonyl (C=O) groups excluding carboxylic acids is 1. The minimum atomic E-state index is -0.419. The highest BCUT2D eigenvalue weighted by Gasteiger charge is 2.38. The second kappa shape index (κ2) is 8.39. The topological polar surface area (TPSA) is 59.0 Å². The fraction of sp³-hybridized carbons (Fsp3) is 0.812. The van der Waals surface area contributed by atoms with Crippen molar-refractivity contribution in [2.45, 2.75) is 39.9 Å². The molecule has 3 atom stereocenters. The fourth-order valence-corrected chi connectivity index (χ4v) is 2.74. The van der Waals surface area contributed by atoms with Crippen LogP contribution in [-0.2, 0) is 14.3 Å². The number of nitrogens with zero attached hydrogens (tertiary/aromatic N) is 1. The summed E-state index contributed by atoms with van der Waals surface area (Å²) >= 11 is 0. The maximum Gasteiger partial charge on any atom is 0.288 e. The van der Waals surface area contributed by atoms with E-state index in [0.717, 1.165) is 6.42 Å². The van der Waals surface area contributed by atoms with E-state index < -0.39 is 6.29 Å². The van der Waals surface area contributed by atoms with Gasteiger partial charge in [0.2, 0.25) is 6.29 Å². The normalized spacial score (nSPS) is 25.5. The van der Waals surface area contributed by atoms with Crippen LogP contribution in [0.4, 0.5) is 0 Å². The van der Waals surface area contributed by atoms with Crippen molar-refractivity contribution in [3.05, 3.63) is 11.8 Å². The molecule has 0 radical (unpaired) electrons. The van der Waals surface area contributed by atoms with Crippen LogP contribution < -0.4 is 0 Å². The van der Waals surface area contributed by atoms with E-state index in [2.05, 4.69) is 13.8 Å². The van der Waals surface area contributed by atoms with Crippen molar-refractivity contribution in [3.63, 3.8) is 0 Å². The van der Waals surface area contributed by atoms with Crippen LogP contribution in [-0.4, -0.2) is 49.5 Å². The Morgan fingerprint density at radius 1 is 1.48 bits per heavy atom. The molecular formula is C16H29NO4. The molecule has 0 aromatic carbocycles. The minimum Gasteiger partial charge on any atom is -0.459 e. The second-order valence-corrected chi connectivity index (χ2v) is 6.02. The van der Waals surface area contributed by atoms with Crippen molar-refractivity contribution in [3.8, 4) is 0 Å². The maximum absolute atomic E-state index is 12.2. The summed E-state index contributed by atoms with van der Waals surface area (Å²) in [4.78, 5) is 13.7. The van der Waals surface area contributed by atoms with Crippen molar-refractivity contribution in [2.24, 2.45) is 17.8 Å². The highest BCUT2D eigenvalue weighted by molar-refractivity contribution is 5.91. The third-order valence-electron chi connectivity index (χ3n) is 3.84. The fourth-order valence-electron chi connectivity index (χ4n) is 2.74. The van der Waals surface area contributed by atoms with E-state index in [1.807, 2.05) is 13.0 Å². The Kier molecular flexibility index (Phi) is 7.18. The van der Waals surface area contributed by atoms with Crippen molar-refractivity contribution in [2.75, 3.05) is 27.3 Å². The predicted octanol–water partition coefficient (Wildman–Crippen LogP) is 2.01. The number of aliphatic hydroxyl groups is 1. The highest BCUT2D eigenvalue weighted by Crippen LogP contribution is 2.37. The minimum absolute atomic E-state index is 0.133. The molecular weight excluding hydrogens is 270 g/mol. The molecule has 0 unspecified atom stereocenters. The van der Waals surface area contributed by atoms with Crippen LogP contribution in [0.5, 0.6) is 0 Å². The average molecular weight is 299 g/mol. The Hall–Kier alpha value is -1.07. The van der Waals surface area contributed by atoms with Crippen LogP contribution in [0.15, 0.2) is 11.8 Å². The van der Waals surface area contributed by atoms with Gasteiger partial charge in [0.1, 0.15) is 0 Å². The Labute approximate surface area is 127 Å². The van der Waals surface area contributed by atoms with Gasteiger partial charge < -0.3 is 19.5 Å². The largest absolute Gasteiger partial charge is 0.459 e. The average Bonchev–Trinajstić information content (AvgIpc) is 2.44. The van der Waals surface area contributed by atoms with Crippen LogP contribution in [0, 0.1) is 17.8 Å².